The fourth-order valence-corrected chi connectivity index (χ4v) is 12.8. The second-order valence-corrected chi connectivity index (χ2v) is 23.5. The highest BCUT2D eigenvalue weighted by molar-refractivity contribution is 5.81. The lowest BCUT2D eigenvalue weighted by atomic mass is 9.95. The average molecular weight is 1170 g/mol. The Kier molecular flexibility index (Phi) is 17.2. The molecular weight excluding hydrogens is 1100 g/mol. The molecule has 18 nitrogen and oxygen atoms in total. The number of allylic oxidation sites excluding steroid dienone is 3. The van der Waals surface area contributed by atoms with Crippen LogP contribution in [0.1, 0.15) is 104 Å². The Morgan fingerprint density at radius 3 is 2.21 bits per heavy atom. The van der Waals surface area contributed by atoms with Gasteiger partial charge < -0.3 is 56.3 Å². The van der Waals surface area contributed by atoms with Crippen molar-refractivity contribution in [3.05, 3.63) is 110 Å². The summed E-state index contributed by atoms with van der Waals surface area (Å²) in [6, 6.07) is 5.25. The lowest BCUT2D eigenvalue weighted by Gasteiger charge is -2.38. The maximum atomic E-state index is 17.5. The van der Waals surface area contributed by atoms with Crippen molar-refractivity contribution in [3.63, 3.8) is 0 Å². The highest BCUT2D eigenvalue weighted by Crippen LogP contribution is 2.48. The molecule has 7 aliphatic heterocycles. The number of halogens is 5. The van der Waals surface area contributed by atoms with Gasteiger partial charge in [0.25, 0.3) is 0 Å². The van der Waals surface area contributed by atoms with Gasteiger partial charge in [-0.05, 0) is 122 Å². The van der Waals surface area contributed by atoms with E-state index in [-0.39, 0.29) is 101 Å². The van der Waals surface area contributed by atoms with Crippen molar-refractivity contribution in [2.24, 2.45) is 0 Å². The number of hydrogen-bond donors (Lipinski definition) is 10. The van der Waals surface area contributed by atoms with E-state index < -0.39 is 41.5 Å². The number of aromatic nitrogens is 4. The number of hydrogen-bond acceptors (Lipinski definition) is 18. The standard InChI is InChI=1S/C62H76F5N15O3/c1-31-22-37(11-8-17-70-31)49-52(65)43(76-60-73-32(2)23-44(68-5)77-60)27-38-26-39(84-57(38)49)29-71-45-24-33(3)75-62(78-45)81-56-51(64)42-28-40(85-59(42)48(54(56)67)36-12-9-19-82(6)20-14-36)30-72-46-25-34(4)74-61(79-46)80-55-50(63)41-15-21-83-58(41)47(53(55)66)35-10-7-16-69-18-13-35/h13-14,22-23,25,27,31,33,39-40,45,62,69-71,75,78,81H,7-12,15-21,24,26,28-30H2,1-6H3,(H2,68,73,76,77)(H2,72,74,79,80)/t31-,33?,39?,40?,45?,62?/m0/s1. The highest BCUT2D eigenvalue weighted by atomic mass is 19.1. The van der Waals surface area contributed by atoms with Gasteiger partial charge in [0, 0.05) is 98.2 Å². The molecule has 452 valence electrons. The number of likely N-dealkylation sites (N-methyl/N-ethyl adjacent to an activating group) is 1. The summed E-state index contributed by atoms with van der Waals surface area (Å²) in [5.74, 6) is -1.31. The molecule has 2 aromatic heterocycles. The summed E-state index contributed by atoms with van der Waals surface area (Å²) in [5, 5.41) is 32.9. The molecule has 0 amide bonds. The first-order valence-corrected chi connectivity index (χ1v) is 29.9. The summed E-state index contributed by atoms with van der Waals surface area (Å²) in [6.45, 7) is 12.0. The average Bonchev–Trinajstić information content (AvgIpc) is 2.21. The molecule has 23 heteroatoms. The van der Waals surface area contributed by atoms with Gasteiger partial charge in [-0.1, -0.05) is 18.2 Å². The first-order chi connectivity index (χ1) is 41.1. The lowest BCUT2D eigenvalue weighted by molar-refractivity contribution is 0.189. The number of benzene rings is 3. The normalized spacial score (nSPS) is 23.1. The number of rotatable bonds is 16. The van der Waals surface area contributed by atoms with Crippen LogP contribution in [0.4, 0.5) is 62.5 Å². The Bertz CT molecular complexity index is 3470. The molecule has 6 atom stereocenters. The van der Waals surface area contributed by atoms with Gasteiger partial charge in [-0.15, -0.1) is 0 Å². The van der Waals surface area contributed by atoms with E-state index in [1.807, 2.05) is 39.1 Å². The zero-order chi connectivity index (χ0) is 59.0. The maximum absolute atomic E-state index is 17.5. The van der Waals surface area contributed by atoms with E-state index in [2.05, 4.69) is 91.0 Å². The second-order valence-electron chi connectivity index (χ2n) is 23.5. The van der Waals surface area contributed by atoms with Crippen LogP contribution >= 0.6 is 0 Å². The Morgan fingerprint density at radius 2 is 1.38 bits per heavy atom. The third kappa shape index (κ3) is 12.5. The minimum absolute atomic E-state index is 0.0230. The van der Waals surface area contributed by atoms with Crippen LogP contribution in [0.5, 0.6) is 17.2 Å². The van der Waals surface area contributed by atoms with E-state index in [1.165, 1.54) is 0 Å². The summed E-state index contributed by atoms with van der Waals surface area (Å²) in [4.78, 5) is 20.3. The smallest absolute Gasteiger partial charge is 0.229 e. The second kappa shape index (κ2) is 25.1. The summed E-state index contributed by atoms with van der Waals surface area (Å²) in [6.07, 6.45) is 9.71. The largest absolute Gasteiger partial charge is 0.492 e. The van der Waals surface area contributed by atoms with Crippen LogP contribution in [0.15, 0.2) is 36.4 Å². The quantitative estimate of drug-likeness (QED) is 0.0419. The van der Waals surface area contributed by atoms with Crippen LogP contribution in [-0.4, -0.2) is 128 Å². The number of ether oxygens (including phenoxy) is 3. The van der Waals surface area contributed by atoms with Crippen LogP contribution in [0.3, 0.4) is 0 Å². The maximum Gasteiger partial charge on any atom is 0.229 e. The molecule has 0 saturated carbocycles. The third-order valence-corrected chi connectivity index (χ3v) is 16.9. The summed E-state index contributed by atoms with van der Waals surface area (Å²) in [7, 11) is 3.78. The number of nitrogens with one attached hydrogen (secondary N) is 10. The predicted molar refractivity (Wildman–Crippen MR) is 322 cm³/mol. The monoisotopic (exact) mass is 1170 g/mol. The van der Waals surface area contributed by atoms with E-state index in [1.54, 1.807) is 26.1 Å². The molecule has 85 heavy (non-hydrogen) atoms. The van der Waals surface area contributed by atoms with Crippen molar-refractivity contribution >= 4 is 57.3 Å². The fraction of sp³-hybridized carbons (Fsp3) is 0.484. The molecular formula is C62H76F5N15O3. The van der Waals surface area contributed by atoms with Crippen molar-refractivity contribution in [2.45, 2.75) is 129 Å². The molecule has 10 N–H and O–H groups in total. The summed E-state index contributed by atoms with van der Waals surface area (Å²) >= 11 is 0. The van der Waals surface area contributed by atoms with Gasteiger partial charge in [0.1, 0.15) is 58.8 Å². The van der Waals surface area contributed by atoms with Crippen molar-refractivity contribution in [1.29, 1.82) is 0 Å². The SMILES string of the molecule is CNc1cc(C)nc(Nc2cc3c(c(C4=C[C@H](C)NCCC4)c2F)OC(CNC2CC(C)NC(Nc4c(F)c5c(c(C6=CCN(C)CCC6)c4F)OC(CNc4cc(C)nc(Nc6c(F)c7c(c(C8=CCNCCC8)c6F)OCC7)n4)C5)N2)C3)n1. The molecule has 9 heterocycles. The Labute approximate surface area is 492 Å². The van der Waals surface area contributed by atoms with Crippen LogP contribution in [0.2, 0.25) is 0 Å². The molecule has 7 aliphatic rings. The highest BCUT2D eigenvalue weighted by Gasteiger charge is 2.39. The molecule has 0 spiro atoms. The molecule has 1 fully saturated rings. The van der Waals surface area contributed by atoms with Gasteiger partial charge >= 0.3 is 0 Å². The van der Waals surface area contributed by atoms with Gasteiger partial charge in [0.15, 0.2) is 29.1 Å². The Hall–Kier alpha value is -7.15. The Balaban J connectivity index is 0.752. The van der Waals surface area contributed by atoms with Crippen molar-refractivity contribution in [1.82, 2.24) is 51.4 Å². The van der Waals surface area contributed by atoms with E-state index in [4.69, 9.17) is 14.2 Å². The van der Waals surface area contributed by atoms with Crippen molar-refractivity contribution < 1.29 is 36.2 Å². The van der Waals surface area contributed by atoms with Crippen molar-refractivity contribution in [3.8, 4) is 17.2 Å². The molecule has 12 rings (SSSR count). The first-order valence-electron chi connectivity index (χ1n) is 29.9. The van der Waals surface area contributed by atoms with E-state index >= 15 is 22.0 Å². The fourth-order valence-electron chi connectivity index (χ4n) is 12.8. The molecule has 0 radical (unpaired) electrons. The predicted octanol–water partition coefficient (Wildman–Crippen LogP) is 9.08. The van der Waals surface area contributed by atoms with E-state index in [9.17, 15) is 0 Å². The zero-order valence-corrected chi connectivity index (χ0v) is 49.0. The lowest BCUT2D eigenvalue weighted by Crippen LogP contribution is -2.65. The van der Waals surface area contributed by atoms with Gasteiger partial charge in [-0.25, -0.2) is 31.9 Å². The summed E-state index contributed by atoms with van der Waals surface area (Å²) in [5.41, 5.74) is 5.58. The van der Waals surface area contributed by atoms with Crippen LogP contribution in [-0.2, 0) is 19.3 Å². The molecule has 0 bridgehead atoms. The minimum atomic E-state index is -0.771. The third-order valence-electron chi connectivity index (χ3n) is 16.9. The van der Waals surface area contributed by atoms with Gasteiger partial charge in [0.05, 0.1) is 41.7 Å². The van der Waals surface area contributed by atoms with Gasteiger partial charge in [0.2, 0.25) is 11.9 Å². The zero-order valence-electron chi connectivity index (χ0n) is 49.0. The number of aryl methyl sites for hydroxylation is 2. The molecule has 0 aliphatic carbocycles. The number of nitrogens with zero attached hydrogens (tertiary/aromatic N) is 5. The first kappa shape index (κ1) is 58.2. The van der Waals surface area contributed by atoms with Crippen LogP contribution in [0.25, 0.3) is 16.7 Å². The molecule has 5 aromatic rings. The van der Waals surface area contributed by atoms with Gasteiger partial charge in [-0.3, -0.25) is 16.0 Å². The van der Waals surface area contributed by atoms with Crippen molar-refractivity contribution in [2.75, 3.05) is 93.1 Å². The number of fused-ring (bicyclic) bond motifs is 3. The van der Waals surface area contributed by atoms with Crippen LogP contribution in [0, 0.1) is 42.9 Å². The number of anilines is 7. The Morgan fingerprint density at radius 1 is 0.682 bits per heavy atom. The van der Waals surface area contributed by atoms with Gasteiger partial charge in [-0.2, -0.15) is 9.97 Å². The molecule has 3 aromatic carbocycles. The minimum Gasteiger partial charge on any atom is -0.492 e. The molecule has 1 saturated heterocycles. The van der Waals surface area contributed by atoms with E-state index in [0.717, 1.165) is 66.9 Å². The van der Waals surface area contributed by atoms with E-state index in [0.29, 0.717) is 92.4 Å². The summed E-state index contributed by atoms with van der Waals surface area (Å²) < 4.78 is 104. The van der Waals surface area contributed by atoms with Crippen LogP contribution < -0.4 is 67.4 Å². The topological polar surface area (TPSA) is 203 Å². The molecule has 5 unspecified atom stereocenters.